The normalized spacial score (nSPS) is 12.8. The van der Waals surface area contributed by atoms with Crippen molar-refractivity contribution in [2.45, 2.75) is 32.7 Å². The summed E-state index contributed by atoms with van der Waals surface area (Å²) in [4.78, 5) is 0. The van der Waals surface area contributed by atoms with Gasteiger partial charge in [0.15, 0.2) is 0 Å². The molecule has 1 aromatic rings. The topological polar surface area (TPSA) is 47.3 Å². The maximum Gasteiger partial charge on any atom is 0.0462 e. The van der Waals surface area contributed by atoms with E-state index in [2.05, 4.69) is 37.5 Å². The second-order valence-corrected chi connectivity index (χ2v) is 4.28. The van der Waals surface area contributed by atoms with Gasteiger partial charge in [-0.3, -0.25) is 11.3 Å². The number of rotatable bonds is 6. The summed E-state index contributed by atoms with van der Waals surface area (Å²) >= 11 is 0. The van der Waals surface area contributed by atoms with Crippen LogP contribution in [0.5, 0.6) is 0 Å². The van der Waals surface area contributed by atoms with Crippen molar-refractivity contribution in [3.63, 3.8) is 0 Å². The predicted octanol–water partition coefficient (Wildman–Crippen LogP) is 2.23. The Morgan fingerprint density at radius 3 is 2.38 bits per heavy atom. The summed E-state index contributed by atoms with van der Waals surface area (Å²) in [7, 11) is 1.72. The van der Waals surface area contributed by atoms with Gasteiger partial charge in [-0.25, -0.2) is 0 Å². The Kier molecular flexibility index (Phi) is 5.46. The first-order valence-corrected chi connectivity index (χ1v) is 5.70. The molecule has 0 amide bonds. The molecule has 0 heterocycles. The molecule has 0 fully saturated rings. The van der Waals surface area contributed by atoms with Crippen molar-refractivity contribution in [3.05, 3.63) is 34.9 Å². The van der Waals surface area contributed by atoms with E-state index < -0.39 is 0 Å². The summed E-state index contributed by atoms with van der Waals surface area (Å²) in [5, 5.41) is 0. The lowest BCUT2D eigenvalue weighted by Crippen LogP contribution is -2.28. The number of nitrogens with one attached hydrogen (secondary N) is 1. The van der Waals surface area contributed by atoms with E-state index in [1.165, 1.54) is 16.7 Å². The lowest BCUT2D eigenvalue weighted by atomic mass is 9.98. The van der Waals surface area contributed by atoms with E-state index in [4.69, 9.17) is 10.6 Å². The zero-order chi connectivity index (χ0) is 12.0. The third-order valence-electron chi connectivity index (χ3n) is 2.69. The van der Waals surface area contributed by atoms with Crippen molar-refractivity contribution in [3.8, 4) is 0 Å². The summed E-state index contributed by atoms with van der Waals surface area (Å²) in [6.45, 7) is 5.00. The first-order valence-electron chi connectivity index (χ1n) is 5.70. The molecule has 0 aromatic heterocycles. The SMILES string of the molecule is COCCCC(NN)c1cc(C)cc(C)c1. The molecule has 0 aliphatic rings. The summed E-state index contributed by atoms with van der Waals surface area (Å²) in [5.41, 5.74) is 6.70. The number of ether oxygens (including phenoxy) is 1. The molecule has 3 N–H and O–H groups in total. The van der Waals surface area contributed by atoms with E-state index in [-0.39, 0.29) is 6.04 Å². The monoisotopic (exact) mass is 222 g/mol. The Labute approximate surface area is 98.0 Å². The molecule has 0 bridgehead atoms. The van der Waals surface area contributed by atoms with Crippen LogP contribution in [0.25, 0.3) is 0 Å². The highest BCUT2D eigenvalue weighted by Gasteiger charge is 2.09. The molecule has 1 aromatic carbocycles. The van der Waals surface area contributed by atoms with Gasteiger partial charge in [-0.1, -0.05) is 29.3 Å². The predicted molar refractivity (Wildman–Crippen MR) is 67.1 cm³/mol. The smallest absolute Gasteiger partial charge is 0.0462 e. The van der Waals surface area contributed by atoms with Crippen LogP contribution >= 0.6 is 0 Å². The minimum atomic E-state index is 0.216. The Hall–Kier alpha value is -0.900. The minimum Gasteiger partial charge on any atom is -0.385 e. The molecule has 0 aliphatic carbocycles. The van der Waals surface area contributed by atoms with Gasteiger partial charge in [-0.2, -0.15) is 0 Å². The van der Waals surface area contributed by atoms with Gasteiger partial charge in [0.1, 0.15) is 0 Å². The van der Waals surface area contributed by atoms with Gasteiger partial charge in [0.25, 0.3) is 0 Å². The zero-order valence-corrected chi connectivity index (χ0v) is 10.4. The largest absolute Gasteiger partial charge is 0.385 e. The van der Waals surface area contributed by atoms with E-state index in [0.29, 0.717) is 0 Å². The second kappa shape index (κ2) is 6.63. The molecular formula is C13H22N2O. The van der Waals surface area contributed by atoms with Crippen LogP contribution < -0.4 is 11.3 Å². The summed E-state index contributed by atoms with van der Waals surface area (Å²) < 4.78 is 5.05. The number of hydrazine groups is 1. The van der Waals surface area contributed by atoms with Crippen LogP contribution in [-0.2, 0) is 4.74 Å². The second-order valence-electron chi connectivity index (χ2n) is 4.28. The molecule has 0 saturated carbocycles. The van der Waals surface area contributed by atoms with Gasteiger partial charge in [0.05, 0.1) is 0 Å². The molecule has 0 saturated heterocycles. The lowest BCUT2D eigenvalue weighted by Gasteiger charge is -2.17. The fraction of sp³-hybridized carbons (Fsp3) is 0.538. The van der Waals surface area contributed by atoms with Crippen LogP contribution in [0, 0.1) is 13.8 Å². The van der Waals surface area contributed by atoms with E-state index in [1.807, 2.05) is 0 Å². The third kappa shape index (κ3) is 3.93. The molecule has 1 atom stereocenters. The van der Waals surface area contributed by atoms with E-state index in [1.54, 1.807) is 7.11 Å². The number of aryl methyl sites for hydroxylation is 2. The summed E-state index contributed by atoms with van der Waals surface area (Å²) in [6, 6.07) is 6.76. The van der Waals surface area contributed by atoms with Crippen LogP contribution in [0.15, 0.2) is 18.2 Å². The summed E-state index contributed by atoms with van der Waals surface area (Å²) in [6.07, 6.45) is 2.01. The maximum atomic E-state index is 5.60. The molecule has 90 valence electrons. The lowest BCUT2D eigenvalue weighted by molar-refractivity contribution is 0.189. The standard InChI is InChI=1S/C13H22N2O/c1-10-7-11(2)9-12(8-10)13(15-14)5-4-6-16-3/h7-9,13,15H,4-6,14H2,1-3H3. The molecule has 1 unspecified atom stereocenters. The number of benzene rings is 1. The molecule has 0 spiro atoms. The molecular weight excluding hydrogens is 200 g/mol. The zero-order valence-electron chi connectivity index (χ0n) is 10.4. The average molecular weight is 222 g/mol. The van der Waals surface area contributed by atoms with Crippen molar-refractivity contribution in [1.82, 2.24) is 5.43 Å². The Morgan fingerprint density at radius 2 is 1.88 bits per heavy atom. The van der Waals surface area contributed by atoms with Gasteiger partial charge < -0.3 is 4.74 Å². The highest BCUT2D eigenvalue weighted by Crippen LogP contribution is 2.20. The number of hydrogen-bond donors (Lipinski definition) is 2. The van der Waals surface area contributed by atoms with Crippen molar-refractivity contribution in [2.75, 3.05) is 13.7 Å². The maximum absolute atomic E-state index is 5.60. The first kappa shape index (κ1) is 13.2. The van der Waals surface area contributed by atoms with Crippen LogP contribution in [0.4, 0.5) is 0 Å². The quantitative estimate of drug-likeness (QED) is 0.441. The Morgan fingerprint density at radius 1 is 1.25 bits per heavy atom. The Bertz CT molecular complexity index is 305. The Balaban J connectivity index is 2.70. The van der Waals surface area contributed by atoms with Crippen LogP contribution in [-0.4, -0.2) is 13.7 Å². The fourth-order valence-corrected chi connectivity index (χ4v) is 1.99. The number of hydrogen-bond acceptors (Lipinski definition) is 3. The van der Waals surface area contributed by atoms with Gasteiger partial charge >= 0.3 is 0 Å². The molecule has 3 heteroatoms. The highest BCUT2D eigenvalue weighted by atomic mass is 16.5. The third-order valence-corrected chi connectivity index (χ3v) is 2.69. The van der Waals surface area contributed by atoms with Crippen molar-refractivity contribution in [2.24, 2.45) is 5.84 Å². The number of methoxy groups -OCH3 is 1. The van der Waals surface area contributed by atoms with Gasteiger partial charge in [-0.15, -0.1) is 0 Å². The van der Waals surface area contributed by atoms with Crippen LogP contribution in [0.1, 0.15) is 35.6 Å². The highest BCUT2D eigenvalue weighted by molar-refractivity contribution is 5.30. The van der Waals surface area contributed by atoms with E-state index in [0.717, 1.165) is 19.4 Å². The van der Waals surface area contributed by atoms with E-state index in [9.17, 15) is 0 Å². The fourth-order valence-electron chi connectivity index (χ4n) is 1.99. The van der Waals surface area contributed by atoms with Crippen LogP contribution in [0.3, 0.4) is 0 Å². The van der Waals surface area contributed by atoms with Crippen LogP contribution in [0.2, 0.25) is 0 Å². The number of nitrogens with two attached hydrogens (primary N) is 1. The molecule has 0 radical (unpaired) electrons. The van der Waals surface area contributed by atoms with E-state index >= 15 is 0 Å². The van der Waals surface area contributed by atoms with Gasteiger partial charge in [0, 0.05) is 19.8 Å². The van der Waals surface area contributed by atoms with Crippen molar-refractivity contribution in [1.29, 1.82) is 0 Å². The average Bonchev–Trinajstić information content (AvgIpc) is 2.23. The first-order chi connectivity index (χ1) is 7.67. The van der Waals surface area contributed by atoms with Crippen molar-refractivity contribution >= 4 is 0 Å². The molecule has 0 aliphatic heterocycles. The molecule has 16 heavy (non-hydrogen) atoms. The summed E-state index contributed by atoms with van der Waals surface area (Å²) in [5.74, 6) is 5.60. The minimum absolute atomic E-state index is 0.216. The van der Waals surface area contributed by atoms with Gasteiger partial charge in [-0.05, 0) is 32.3 Å². The van der Waals surface area contributed by atoms with Crippen molar-refractivity contribution < 1.29 is 4.74 Å². The molecule has 3 nitrogen and oxygen atoms in total. The molecule has 1 rings (SSSR count). The van der Waals surface area contributed by atoms with Gasteiger partial charge in [0.2, 0.25) is 0 Å².